The van der Waals surface area contributed by atoms with Crippen LogP contribution >= 0.6 is 0 Å². The van der Waals surface area contributed by atoms with Gasteiger partial charge in [-0.25, -0.2) is 0 Å². The first kappa shape index (κ1) is 17.4. The van der Waals surface area contributed by atoms with Gasteiger partial charge >= 0.3 is 12.4 Å². The monoisotopic (exact) mass is 357 g/mol. The molecule has 0 amide bonds. The highest BCUT2D eigenvalue weighted by Crippen LogP contribution is 2.37. The SMILES string of the molecule is Cc1ccc2[nH]cc(Cc3cc(C(F)(F)F)cc(C(F)(F)F)c3)c2c1. The molecule has 0 atom stereocenters. The van der Waals surface area contributed by atoms with Crippen LogP contribution in [0.15, 0.2) is 42.6 Å². The molecule has 0 saturated carbocycles. The van der Waals surface area contributed by atoms with Crippen molar-refractivity contribution in [2.45, 2.75) is 25.7 Å². The van der Waals surface area contributed by atoms with Crippen LogP contribution in [0.2, 0.25) is 0 Å². The van der Waals surface area contributed by atoms with E-state index in [1.165, 1.54) is 0 Å². The van der Waals surface area contributed by atoms with Gasteiger partial charge in [0.25, 0.3) is 0 Å². The maximum Gasteiger partial charge on any atom is 0.416 e. The van der Waals surface area contributed by atoms with Crippen molar-refractivity contribution in [2.75, 3.05) is 0 Å². The Morgan fingerprint density at radius 3 is 2.00 bits per heavy atom. The highest BCUT2D eigenvalue weighted by molar-refractivity contribution is 5.84. The lowest BCUT2D eigenvalue weighted by molar-refractivity contribution is -0.143. The lowest BCUT2D eigenvalue weighted by atomic mass is 9.98. The van der Waals surface area contributed by atoms with Gasteiger partial charge in [0.2, 0.25) is 0 Å². The molecule has 1 N–H and O–H groups in total. The second kappa shape index (κ2) is 5.82. The third-order valence-corrected chi connectivity index (χ3v) is 3.96. The molecule has 0 aliphatic rings. The van der Waals surface area contributed by atoms with E-state index in [2.05, 4.69) is 4.98 Å². The number of alkyl halides is 6. The summed E-state index contributed by atoms with van der Waals surface area (Å²) in [4.78, 5) is 2.98. The molecule has 1 nitrogen and oxygen atoms in total. The number of fused-ring (bicyclic) bond motifs is 1. The Labute approximate surface area is 139 Å². The summed E-state index contributed by atoms with van der Waals surface area (Å²) in [6.45, 7) is 1.86. The number of aryl methyl sites for hydroxylation is 1. The predicted octanol–water partition coefficient (Wildman–Crippen LogP) is 6.10. The third kappa shape index (κ3) is 3.65. The molecule has 0 bridgehead atoms. The van der Waals surface area contributed by atoms with Crippen LogP contribution in [-0.2, 0) is 18.8 Å². The van der Waals surface area contributed by atoms with Crippen molar-refractivity contribution >= 4 is 10.9 Å². The van der Waals surface area contributed by atoms with Crippen LogP contribution in [0, 0.1) is 6.92 Å². The van der Waals surface area contributed by atoms with E-state index >= 15 is 0 Å². The Hall–Kier alpha value is -2.44. The molecule has 2 aromatic carbocycles. The van der Waals surface area contributed by atoms with Crippen LogP contribution < -0.4 is 0 Å². The quantitative estimate of drug-likeness (QED) is 0.533. The summed E-state index contributed by atoms with van der Waals surface area (Å²) in [6, 6.07) is 7.21. The Morgan fingerprint density at radius 2 is 1.44 bits per heavy atom. The number of aromatic amines is 1. The minimum atomic E-state index is -4.84. The number of hydrogen-bond acceptors (Lipinski definition) is 0. The van der Waals surface area contributed by atoms with Crippen molar-refractivity contribution in [2.24, 2.45) is 0 Å². The number of nitrogens with one attached hydrogen (secondary N) is 1. The van der Waals surface area contributed by atoms with Gasteiger partial charge in [-0.15, -0.1) is 0 Å². The van der Waals surface area contributed by atoms with E-state index in [9.17, 15) is 26.3 Å². The zero-order valence-corrected chi connectivity index (χ0v) is 13.0. The summed E-state index contributed by atoms with van der Waals surface area (Å²) in [6.07, 6.45) is -8.10. The molecule has 3 aromatic rings. The standard InChI is InChI=1S/C18H13F6N/c1-10-2-3-16-15(4-10)12(9-25-16)5-11-6-13(17(19,20)21)8-14(7-11)18(22,23)24/h2-4,6-9,25H,5H2,1H3. The van der Waals surface area contributed by atoms with E-state index in [0.29, 0.717) is 5.56 Å². The molecule has 0 saturated heterocycles. The third-order valence-electron chi connectivity index (χ3n) is 3.96. The molecule has 1 aromatic heterocycles. The average molecular weight is 357 g/mol. The van der Waals surface area contributed by atoms with Crippen molar-refractivity contribution < 1.29 is 26.3 Å². The van der Waals surface area contributed by atoms with Crippen LogP contribution in [0.5, 0.6) is 0 Å². The molecule has 0 unspecified atom stereocenters. The van der Waals surface area contributed by atoms with Crippen molar-refractivity contribution in [1.29, 1.82) is 0 Å². The van der Waals surface area contributed by atoms with Crippen LogP contribution in [0.3, 0.4) is 0 Å². The summed E-state index contributed by atoms with van der Waals surface area (Å²) in [5, 5.41) is 0.783. The molecule has 1 heterocycles. The number of rotatable bonds is 2. The Bertz CT molecular complexity index is 885. The fourth-order valence-electron chi connectivity index (χ4n) is 2.78. The minimum absolute atomic E-state index is 0.0313. The van der Waals surface area contributed by atoms with E-state index in [0.717, 1.165) is 28.6 Å². The normalized spacial score (nSPS) is 12.8. The molecule has 0 spiro atoms. The number of halogens is 6. The molecule has 25 heavy (non-hydrogen) atoms. The fourth-order valence-corrected chi connectivity index (χ4v) is 2.78. The van der Waals surface area contributed by atoms with E-state index in [1.807, 2.05) is 25.1 Å². The molecule has 0 aliphatic carbocycles. The maximum absolute atomic E-state index is 12.9. The first-order valence-electron chi connectivity index (χ1n) is 7.39. The van der Waals surface area contributed by atoms with E-state index < -0.39 is 23.5 Å². The van der Waals surface area contributed by atoms with Gasteiger partial charge in [0.1, 0.15) is 0 Å². The first-order chi connectivity index (χ1) is 11.5. The van der Waals surface area contributed by atoms with Gasteiger partial charge in [-0.3, -0.25) is 0 Å². The highest BCUT2D eigenvalue weighted by Gasteiger charge is 2.36. The van der Waals surface area contributed by atoms with Gasteiger partial charge in [-0.05, 0) is 54.8 Å². The van der Waals surface area contributed by atoms with Crippen LogP contribution in [0.4, 0.5) is 26.3 Å². The van der Waals surface area contributed by atoms with E-state index in [-0.39, 0.29) is 18.1 Å². The van der Waals surface area contributed by atoms with Gasteiger partial charge in [0, 0.05) is 17.1 Å². The number of aromatic nitrogens is 1. The van der Waals surface area contributed by atoms with Crippen molar-refractivity contribution in [1.82, 2.24) is 4.98 Å². The first-order valence-corrected chi connectivity index (χ1v) is 7.39. The maximum atomic E-state index is 12.9. The average Bonchev–Trinajstić information content (AvgIpc) is 2.87. The summed E-state index contributed by atoms with van der Waals surface area (Å²) < 4.78 is 77.7. The molecule has 0 aliphatic heterocycles. The topological polar surface area (TPSA) is 15.8 Å². The molecule has 0 fully saturated rings. The molecule has 3 rings (SSSR count). The zero-order valence-electron chi connectivity index (χ0n) is 13.0. The molecular weight excluding hydrogens is 344 g/mol. The van der Waals surface area contributed by atoms with Crippen molar-refractivity contribution in [3.05, 3.63) is 70.4 Å². The summed E-state index contributed by atoms with van der Waals surface area (Å²) >= 11 is 0. The second-order valence-electron chi connectivity index (χ2n) is 5.95. The Kier molecular flexibility index (Phi) is 4.05. The molecular formula is C18H13F6N. The van der Waals surface area contributed by atoms with Crippen LogP contribution in [0.1, 0.15) is 27.8 Å². The number of benzene rings is 2. The van der Waals surface area contributed by atoms with Crippen molar-refractivity contribution in [3.63, 3.8) is 0 Å². The van der Waals surface area contributed by atoms with Gasteiger partial charge in [0.05, 0.1) is 11.1 Å². The van der Waals surface area contributed by atoms with Gasteiger partial charge < -0.3 is 4.98 Å². The highest BCUT2D eigenvalue weighted by atomic mass is 19.4. The van der Waals surface area contributed by atoms with Gasteiger partial charge in [0.15, 0.2) is 0 Å². The predicted molar refractivity (Wildman–Crippen MR) is 82.3 cm³/mol. The summed E-state index contributed by atoms with van der Waals surface area (Å²) in [5.74, 6) is 0. The molecule has 132 valence electrons. The smallest absolute Gasteiger partial charge is 0.361 e. The largest absolute Gasteiger partial charge is 0.416 e. The Morgan fingerprint density at radius 1 is 0.840 bits per heavy atom. The molecule has 0 radical (unpaired) electrons. The molecule has 7 heteroatoms. The van der Waals surface area contributed by atoms with Gasteiger partial charge in [-0.1, -0.05) is 11.6 Å². The minimum Gasteiger partial charge on any atom is -0.361 e. The van der Waals surface area contributed by atoms with E-state index in [1.54, 1.807) is 6.20 Å². The zero-order chi connectivity index (χ0) is 18.4. The summed E-state index contributed by atoms with van der Waals surface area (Å²) in [7, 11) is 0. The van der Waals surface area contributed by atoms with Crippen molar-refractivity contribution in [3.8, 4) is 0 Å². The van der Waals surface area contributed by atoms with Crippen LogP contribution in [0.25, 0.3) is 10.9 Å². The van der Waals surface area contributed by atoms with Crippen LogP contribution in [-0.4, -0.2) is 4.98 Å². The number of H-pyrrole nitrogens is 1. The second-order valence-corrected chi connectivity index (χ2v) is 5.95. The lowest BCUT2D eigenvalue weighted by Gasteiger charge is -2.14. The van der Waals surface area contributed by atoms with Gasteiger partial charge in [-0.2, -0.15) is 26.3 Å². The lowest BCUT2D eigenvalue weighted by Crippen LogP contribution is -2.11. The fraction of sp³-hybridized carbons (Fsp3) is 0.222. The summed E-state index contributed by atoms with van der Waals surface area (Å²) in [5.41, 5.74) is -0.255. The Balaban J connectivity index is 2.08. The number of hydrogen-bond donors (Lipinski definition) is 1. The van der Waals surface area contributed by atoms with E-state index in [4.69, 9.17) is 0 Å².